The van der Waals surface area contributed by atoms with Crippen molar-refractivity contribution in [1.29, 1.82) is 0 Å². The van der Waals surface area contributed by atoms with Crippen LogP contribution >= 0.6 is 0 Å². The summed E-state index contributed by atoms with van der Waals surface area (Å²) in [5.74, 6) is 0.570. The average molecular weight is 268 g/mol. The normalized spacial score (nSPS) is 9.95. The van der Waals surface area contributed by atoms with Gasteiger partial charge in [-0.2, -0.15) is 0 Å². The van der Waals surface area contributed by atoms with E-state index in [-0.39, 0.29) is 5.69 Å². The molecule has 104 valence electrons. The van der Waals surface area contributed by atoms with Gasteiger partial charge in [-0.05, 0) is 6.07 Å². The molecule has 0 atom stereocenters. The first kappa shape index (κ1) is 14.7. The number of hydrogen-bond acceptors (Lipinski definition) is 5. The van der Waals surface area contributed by atoms with E-state index in [1.165, 1.54) is 19.2 Å². The predicted molar refractivity (Wildman–Crippen MR) is 68.9 cm³/mol. The molecule has 0 fully saturated rings. The number of primary amides is 1. The molecule has 1 rings (SSSR count). The number of carbonyl (C=O) groups excluding carboxylic acids is 1. The van der Waals surface area contributed by atoms with Gasteiger partial charge < -0.3 is 21.1 Å². The van der Waals surface area contributed by atoms with Crippen molar-refractivity contribution in [1.82, 2.24) is 10.6 Å². The standard InChI is InChI=1S/C11H16N4O4/c1-19-10-3-2-9(15(17)18)6-8(10)7-13-4-5-14-11(12)16/h2-3,6,13H,4-5,7H2,1H3,(H3,12,14,16). The molecule has 0 aliphatic heterocycles. The molecule has 0 bridgehead atoms. The number of nitro groups is 1. The topological polar surface area (TPSA) is 120 Å². The highest BCUT2D eigenvalue weighted by Gasteiger charge is 2.10. The van der Waals surface area contributed by atoms with Gasteiger partial charge in [0.05, 0.1) is 12.0 Å². The number of hydrogen-bond donors (Lipinski definition) is 3. The van der Waals surface area contributed by atoms with Gasteiger partial charge in [0.25, 0.3) is 5.69 Å². The molecule has 0 unspecified atom stereocenters. The molecule has 1 aromatic carbocycles. The van der Waals surface area contributed by atoms with Crippen molar-refractivity contribution in [2.45, 2.75) is 6.54 Å². The third kappa shape index (κ3) is 4.80. The minimum absolute atomic E-state index is 0.00728. The summed E-state index contributed by atoms with van der Waals surface area (Å²) in [7, 11) is 1.50. The Kier molecular flexibility index (Phi) is 5.55. The Morgan fingerprint density at radius 3 is 2.79 bits per heavy atom. The lowest BCUT2D eigenvalue weighted by Crippen LogP contribution is -2.35. The summed E-state index contributed by atoms with van der Waals surface area (Å²) in [5, 5.41) is 16.1. The third-order valence-corrected chi connectivity index (χ3v) is 2.39. The zero-order valence-corrected chi connectivity index (χ0v) is 10.5. The van der Waals surface area contributed by atoms with E-state index in [2.05, 4.69) is 10.6 Å². The van der Waals surface area contributed by atoms with E-state index in [1.54, 1.807) is 6.07 Å². The van der Waals surface area contributed by atoms with Gasteiger partial charge in [0.15, 0.2) is 0 Å². The molecule has 4 N–H and O–H groups in total. The second-order valence-corrected chi connectivity index (χ2v) is 3.72. The van der Waals surface area contributed by atoms with Gasteiger partial charge in [-0.1, -0.05) is 0 Å². The number of nitro benzene ring substituents is 1. The average Bonchev–Trinajstić information content (AvgIpc) is 2.37. The largest absolute Gasteiger partial charge is 0.496 e. The molecule has 2 amide bonds. The van der Waals surface area contributed by atoms with Gasteiger partial charge in [0.1, 0.15) is 5.75 Å². The van der Waals surface area contributed by atoms with Gasteiger partial charge in [-0.3, -0.25) is 10.1 Å². The van der Waals surface area contributed by atoms with Crippen molar-refractivity contribution in [3.05, 3.63) is 33.9 Å². The van der Waals surface area contributed by atoms with Crippen LogP contribution in [0.15, 0.2) is 18.2 Å². The van der Waals surface area contributed by atoms with Gasteiger partial charge in [0, 0.05) is 37.3 Å². The van der Waals surface area contributed by atoms with Crippen molar-refractivity contribution in [3.8, 4) is 5.75 Å². The molecule has 0 spiro atoms. The molecule has 0 saturated carbocycles. The van der Waals surface area contributed by atoms with Gasteiger partial charge in [0.2, 0.25) is 0 Å². The first-order valence-corrected chi connectivity index (χ1v) is 5.60. The van der Waals surface area contributed by atoms with Crippen LogP contribution in [0.4, 0.5) is 10.5 Å². The molecule has 0 aliphatic carbocycles. The van der Waals surface area contributed by atoms with E-state index >= 15 is 0 Å². The first-order valence-electron chi connectivity index (χ1n) is 5.60. The lowest BCUT2D eigenvalue weighted by Gasteiger charge is -2.09. The Morgan fingerprint density at radius 2 is 2.21 bits per heavy atom. The van der Waals surface area contributed by atoms with Crippen LogP contribution in [0.5, 0.6) is 5.75 Å². The summed E-state index contributed by atoms with van der Waals surface area (Å²) in [6.07, 6.45) is 0. The summed E-state index contributed by atoms with van der Waals surface area (Å²) >= 11 is 0. The van der Waals surface area contributed by atoms with Crippen molar-refractivity contribution < 1.29 is 14.5 Å². The molecule has 8 heteroatoms. The summed E-state index contributed by atoms with van der Waals surface area (Å²) in [6, 6.07) is 3.80. The Balaban J connectivity index is 2.57. The number of amides is 2. The SMILES string of the molecule is COc1ccc([N+](=O)[O-])cc1CNCCNC(N)=O. The van der Waals surface area contributed by atoms with Crippen molar-refractivity contribution in [2.75, 3.05) is 20.2 Å². The minimum atomic E-state index is -0.588. The van der Waals surface area contributed by atoms with E-state index in [0.717, 1.165) is 0 Å². The number of carbonyl (C=O) groups is 1. The number of ether oxygens (including phenoxy) is 1. The highest BCUT2D eigenvalue weighted by atomic mass is 16.6. The maximum Gasteiger partial charge on any atom is 0.312 e. The predicted octanol–water partition coefficient (Wildman–Crippen LogP) is 0.361. The third-order valence-electron chi connectivity index (χ3n) is 2.39. The van der Waals surface area contributed by atoms with Crippen LogP contribution in [0.2, 0.25) is 0 Å². The van der Waals surface area contributed by atoms with Crippen LogP contribution in [-0.2, 0) is 6.54 Å². The summed E-state index contributed by atoms with van der Waals surface area (Å²) < 4.78 is 5.12. The number of methoxy groups -OCH3 is 1. The first-order chi connectivity index (χ1) is 9.04. The number of nitrogens with zero attached hydrogens (tertiary/aromatic N) is 1. The van der Waals surface area contributed by atoms with Crippen LogP contribution in [0.1, 0.15) is 5.56 Å². The molecule has 0 radical (unpaired) electrons. The van der Waals surface area contributed by atoms with Gasteiger partial charge in [-0.25, -0.2) is 4.79 Å². The fourth-order valence-electron chi connectivity index (χ4n) is 1.51. The number of nitrogens with two attached hydrogens (primary N) is 1. The smallest absolute Gasteiger partial charge is 0.312 e. The second-order valence-electron chi connectivity index (χ2n) is 3.72. The highest BCUT2D eigenvalue weighted by Crippen LogP contribution is 2.23. The maximum absolute atomic E-state index is 10.7. The van der Waals surface area contributed by atoms with Crippen molar-refractivity contribution in [3.63, 3.8) is 0 Å². The zero-order valence-electron chi connectivity index (χ0n) is 10.5. The van der Waals surface area contributed by atoms with E-state index in [4.69, 9.17) is 10.5 Å². The highest BCUT2D eigenvalue weighted by molar-refractivity contribution is 5.71. The molecule has 0 aromatic heterocycles. The fraction of sp³-hybridized carbons (Fsp3) is 0.364. The van der Waals surface area contributed by atoms with E-state index < -0.39 is 11.0 Å². The van der Waals surface area contributed by atoms with Crippen LogP contribution in [0.3, 0.4) is 0 Å². The lowest BCUT2D eigenvalue weighted by molar-refractivity contribution is -0.384. The number of urea groups is 1. The molecule has 1 aromatic rings. The maximum atomic E-state index is 10.7. The molecule has 19 heavy (non-hydrogen) atoms. The Labute approximate surface area is 110 Å². The monoisotopic (exact) mass is 268 g/mol. The van der Waals surface area contributed by atoms with E-state index in [9.17, 15) is 14.9 Å². The molecule has 8 nitrogen and oxygen atoms in total. The van der Waals surface area contributed by atoms with Crippen molar-refractivity contribution >= 4 is 11.7 Å². The van der Waals surface area contributed by atoms with Crippen LogP contribution in [-0.4, -0.2) is 31.2 Å². The number of rotatable bonds is 7. The summed E-state index contributed by atoms with van der Waals surface area (Å²) in [6.45, 7) is 1.27. The number of nitrogens with one attached hydrogen (secondary N) is 2. The molecule has 0 aliphatic rings. The van der Waals surface area contributed by atoms with E-state index in [1.807, 2.05) is 0 Å². The van der Waals surface area contributed by atoms with Crippen LogP contribution < -0.4 is 21.1 Å². The Bertz CT molecular complexity index is 464. The molecule has 0 heterocycles. The second kappa shape index (κ2) is 7.17. The van der Waals surface area contributed by atoms with Crippen molar-refractivity contribution in [2.24, 2.45) is 5.73 Å². The molecular weight excluding hydrogens is 252 g/mol. The number of non-ortho nitro benzene ring substituents is 1. The van der Waals surface area contributed by atoms with E-state index in [0.29, 0.717) is 30.9 Å². The Morgan fingerprint density at radius 1 is 1.47 bits per heavy atom. The summed E-state index contributed by atoms with van der Waals surface area (Å²) in [5.41, 5.74) is 5.60. The van der Waals surface area contributed by atoms with Crippen LogP contribution in [0.25, 0.3) is 0 Å². The lowest BCUT2D eigenvalue weighted by atomic mass is 10.1. The Hall–Kier alpha value is -2.35. The van der Waals surface area contributed by atoms with Gasteiger partial charge >= 0.3 is 6.03 Å². The zero-order chi connectivity index (χ0) is 14.3. The molecule has 0 saturated heterocycles. The minimum Gasteiger partial charge on any atom is -0.496 e. The van der Waals surface area contributed by atoms with Gasteiger partial charge in [-0.15, -0.1) is 0 Å². The fourth-order valence-corrected chi connectivity index (χ4v) is 1.51. The number of benzene rings is 1. The summed E-state index contributed by atoms with van der Waals surface area (Å²) in [4.78, 5) is 20.7. The van der Waals surface area contributed by atoms with Crippen LogP contribution in [0, 0.1) is 10.1 Å². The molecular formula is C11H16N4O4. The quantitative estimate of drug-likeness (QED) is 0.374.